The average molecular weight is 229 g/mol. The molecule has 0 saturated heterocycles. The molecule has 1 atom stereocenters. The predicted octanol–water partition coefficient (Wildman–Crippen LogP) is 5.06. The van der Waals surface area contributed by atoms with Crippen LogP contribution < -0.4 is 0 Å². The van der Waals surface area contributed by atoms with E-state index in [4.69, 9.17) is 23.2 Å². The predicted molar refractivity (Wildman–Crippen MR) is 64.3 cm³/mol. The standard InChI is InChI=1S/C12H14Cl2/c1-3-4-5-9(2)10-6-11(13)8-12(14)7-10/h3-4,6-9H,5H2,1-2H3/b4-3-. The quantitative estimate of drug-likeness (QED) is 0.635. The molecule has 0 aliphatic carbocycles. The van der Waals surface area contributed by atoms with Crippen LogP contribution >= 0.6 is 23.2 Å². The smallest absolute Gasteiger partial charge is 0.0423 e. The second-order valence-electron chi connectivity index (χ2n) is 3.41. The third-order valence-electron chi connectivity index (χ3n) is 2.18. The fraction of sp³-hybridized carbons (Fsp3) is 0.333. The van der Waals surface area contributed by atoms with Crippen LogP contribution in [-0.2, 0) is 0 Å². The van der Waals surface area contributed by atoms with E-state index in [-0.39, 0.29) is 0 Å². The second-order valence-corrected chi connectivity index (χ2v) is 4.28. The molecule has 0 aliphatic heterocycles. The highest BCUT2D eigenvalue weighted by Gasteiger charge is 2.05. The van der Waals surface area contributed by atoms with Crippen molar-refractivity contribution in [1.82, 2.24) is 0 Å². The summed E-state index contributed by atoms with van der Waals surface area (Å²) in [7, 11) is 0. The van der Waals surface area contributed by atoms with Crippen LogP contribution in [-0.4, -0.2) is 0 Å². The highest BCUT2D eigenvalue weighted by molar-refractivity contribution is 6.34. The fourth-order valence-corrected chi connectivity index (χ4v) is 1.88. The van der Waals surface area contributed by atoms with E-state index in [1.165, 1.54) is 5.56 Å². The van der Waals surface area contributed by atoms with Gasteiger partial charge in [0.05, 0.1) is 0 Å². The molecule has 1 unspecified atom stereocenters. The van der Waals surface area contributed by atoms with Crippen LogP contribution in [0.15, 0.2) is 30.4 Å². The first-order valence-corrected chi connectivity index (χ1v) is 5.46. The van der Waals surface area contributed by atoms with E-state index >= 15 is 0 Å². The first kappa shape index (κ1) is 11.6. The summed E-state index contributed by atoms with van der Waals surface area (Å²) in [5.74, 6) is 0.461. The molecule has 1 aromatic carbocycles. The third kappa shape index (κ3) is 3.36. The van der Waals surface area contributed by atoms with Gasteiger partial charge in [0.15, 0.2) is 0 Å². The van der Waals surface area contributed by atoms with Crippen LogP contribution in [0.25, 0.3) is 0 Å². The average Bonchev–Trinajstić information content (AvgIpc) is 2.12. The summed E-state index contributed by atoms with van der Waals surface area (Å²) >= 11 is 11.9. The highest BCUT2D eigenvalue weighted by atomic mass is 35.5. The molecule has 1 aromatic rings. The SMILES string of the molecule is C/C=C\CC(C)c1cc(Cl)cc(Cl)c1. The van der Waals surface area contributed by atoms with Crippen LogP contribution in [0, 0.1) is 0 Å². The topological polar surface area (TPSA) is 0 Å². The molecule has 76 valence electrons. The van der Waals surface area contributed by atoms with E-state index in [0.29, 0.717) is 16.0 Å². The van der Waals surface area contributed by atoms with Crippen LogP contribution in [0.4, 0.5) is 0 Å². The largest absolute Gasteiger partial charge is 0.0916 e. The molecule has 0 bridgehead atoms. The molecule has 0 radical (unpaired) electrons. The van der Waals surface area contributed by atoms with Crippen molar-refractivity contribution in [3.63, 3.8) is 0 Å². The molecule has 2 heteroatoms. The molecule has 14 heavy (non-hydrogen) atoms. The number of benzene rings is 1. The summed E-state index contributed by atoms with van der Waals surface area (Å²) < 4.78 is 0. The van der Waals surface area contributed by atoms with Crippen molar-refractivity contribution < 1.29 is 0 Å². The van der Waals surface area contributed by atoms with Crippen molar-refractivity contribution >= 4 is 23.2 Å². The van der Waals surface area contributed by atoms with Gasteiger partial charge in [-0.05, 0) is 43.0 Å². The van der Waals surface area contributed by atoms with Crippen molar-refractivity contribution in [1.29, 1.82) is 0 Å². The van der Waals surface area contributed by atoms with Gasteiger partial charge in [0.1, 0.15) is 0 Å². The lowest BCUT2D eigenvalue weighted by Gasteiger charge is -2.10. The van der Waals surface area contributed by atoms with Gasteiger partial charge in [0.2, 0.25) is 0 Å². The number of halogens is 2. The molecule has 1 rings (SSSR count). The summed E-state index contributed by atoms with van der Waals surface area (Å²) in [5.41, 5.74) is 1.20. The zero-order valence-corrected chi connectivity index (χ0v) is 9.94. The van der Waals surface area contributed by atoms with E-state index in [1.54, 1.807) is 6.07 Å². The summed E-state index contributed by atoms with van der Waals surface area (Å²) in [6.07, 6.45) is 5.23. The van der Waals surface area contributed by atoms with E-state index < -0.39 is 0 Å². The highest BCUT2D eigenvalue weighted by Crippen LogP contribution is 2.26. The van der Waals surface area contributed by atoms with Gasteiger partial charge >= 0.3 is 0 Å². The normalized spacial score (nSPS) is 13.4. The Kier molecular flexibility index (Phi) is 4.50. The van der Waals surface area contributed by atoms with E-state index in [1.807, 2.05) is 19.1 Å². The Hall–Kier alpha value is -0.460. The van der Waals surface area contributed by atoms with Gasteiger partial charge in [-0.2, -0.15) is 0 Å². The Bertz CT molecular complexity index is 309. The van der Waals surface area contributed by atoms with Crippen molar-refractivity contribution in [2.75, 3.05) is 0 Å². The van der Waals surface area contributed by atoms with E-state index in [2.05, 4.69) is 19.1 Å². The molecule has 0 amide bonds. The van der Waals surface area contributed by atoms with Gasteiger partial charge in [-0.15, -0.1) is 0 Å². The Morgan fingerprint density at radius 1 is 1.21 bits per heavy atom. The Morgan fingerprint density at radius 3 is 2.29 bits per heavy atom. The van der Waals surface area contributed by atoms with Crippen molar-refractivity contribution in [2.24, 2.45) is 0 Å². The molecular weight excluding hydrogens is 215 g/mol. The fourth-order valence-electron chi connectivity index (χ4n) is 1.34. The minimum Gasteiger partial charge on any atom is -0.0916 e. The Morgan fingerprint density at radius 2 is 1.79 bits per heavy atom. The Labute approximate surface area is 95.5 Å². The van der Waals surface area contributed by atoms with Gasteiger partial charge in [-0.3, -0.25) is 0 Å². The second kappa shape index (κ2) is 5.43. The number of allylic oxidation sites excluding steroid dienone is 2. The molecule has 0 N–H and O–H groups in total. The molecule has 0 saturated carbocycles. The van der Waals surface area contributed by atoms with Crippen LogP contribution in [0.5, 0.6) is 0 Å². The van der Waals surface area contributed by atoms with E-state index in [0.717, 1.165) is 6.42 Å². The first-order chi connectivity index (χ1) is 6.63. The number of hydrogen-bond donors (Lipinski definition) is 0. The van der Waals surface area contributed by atoms with Crippen LogP contribution in [0.3, 0.4) is 0 Å². The monoisotopic (exact) mass is 228 g/mol. The van der Waals surface area contributed by atoms with Gasteiger partial charge in [0, 0.05) is 10.0 Å². The molecule has 0 spiro atoms. The maximum Gasteiger partial charge on any atom is 0.0423 e. The molecule has 0 fully saturated rings. The summed E-state index contributed by atoms with van der Waals surface area (Å²) in [6, 6.07) is 5.71. The van der Waals surface area contributed by atoms with Crippen LogP contribution in [0.1, 0.15) is 31.7 Å². The lowest BCUT2D eigenvalue weighted by Crippen LogP contribution is -1.91. The zero-order chi connectivity index (χ0) is 10.6. The van der Waals surface area contributed by atoms with Crippen molar-refractivity contribution in [2.45, 2.75) is 26.2 Å². The molecular formula is C12H14Cl2. The summed E-state index contributed by atoms with van der Waals surface area (Å²) in [6.45, 7) is 4.19. The minimum atomic E-state index is 0.461. The Balaban J connectivity index is 2.83. The zero-order valence-electron chi connectivity index (χ0n) is 8.43. The van der Waals surface area contributed by atoms with Crippen molar-refractivity contribution in [3.05, 3.63) is 46.0 Å². The van der Waals surface area contributed by atoms with Gasteiger partial charge in [0.25, 0.3) is 0 Å². The maximum atomic E-state index is 5.93. The van der Waals surface area contributed by atoms with Gasteiger partial charge in [-0.25, -0.2) is 0 Å². The van der Waals surface area contributed by atoms with Gasteiger partial charge in [-0.1, -0.05) is 42.3 Å². The maximum absolute atomic E-state index is 5.93. The van der Waals surface area contributed by atoms with Crippen LogP contribution in [0.2, 0.25) is 10.0 Å². The van der Waals surface area contributed by atoms with E-state index in [9.17, 15) is 0 Å². The van der Waals surface area contributed by atoms with Crippen molar-refractivity contribution in [3.8, 4) is 0 Å². The lowest BCUT2D eigenvalue weighted by atomic mass is 9.98. The molecule has 0 aliphatic rings. The summed E-state index contributed by atoms with van der Waals surface area (Å²) in [5, 5.41) is 1.42. The summed E-state index contributed by atoms with van der Waals surface area (Å²) in [4.78, 5) is 0. The first-order valence-electron chi connectivity index (χ1n) is 4.70. The number of hydrogen-bond acceptors (Lipinski definition) is 0. The minimum absolute atomic E-state index is 0.461. The number of rotatable bonds is 3. The third-order valence-corrected chi connectivity index (χ3v) is 2.62. The molecule has 0 nitrogen and oxygen atoms in total. The lowest BCUT2D eigenvalue weighted by molar-refractivity contribution is 0.780. The molecule has 0 aromatic heterocycles. The molecule has 0 heterocycles. The van der Waals surface area contributed by atoms with Gasteiger partial charge < -0.3 is 0 Å².